The molecular formula is C29H40N2O3. The fourth-order valence-corrected chi connectivity index (χ4v) is 7.70. The quantitative estimate of drug-likeness (QED) is 0.413. The molecule has 1 aromatic rings. The van der Waals surface area contributed by atoms with E-state index in [0.717, 1.165) is 49.3 Å². The average molecular weight is 465 g/mol. The Morgan fingerprint density at radius 2 is 1.82 bits per heavy atom. The van der Waals surface area contributed by atoms with Crippen LogP contribution in [0.3, 0.4) is 0 Å². The Balaban J connectivity index is 1.08. The molecule has 3 aliphatic carbocycles. The van der Waals surface area contributed by atoms with Gasteiger partial charge in [0.05, 0.1) is 7.11 Å². The first-order valence-electron chi connectivity index (χ1n) is 13.4. The van der Waals surface area contributed by atoms with E-state index in [1.54, 1.807) is 12.7 Å². The number of fused-ring (bicyclic) bond motifs is 5. The summed E-state index contributed by atoms with van der Waals surface area (Å²) >= 11 is 0. The van der Waals surface area contributed by atoms with Crippen LogP contribution >= 0.6 is 0 Å². The number of ether oxygens (including phenoxy) is 1. The maximum atomic E-state index is 11.6. The van der Waals surface area contributed by atoms with E-state index >= 15 is 0 Å². The number of methoxy groups -OCH3 is 1. The summed E-state index contributed by atoms with van der Waals surface area (Å²) in [7, 11) is 1.77. The molecule has 2 amide bonds. The first kappa shape index (κ1) is 23.6. The molecule has 0 saturated heterocycles. The Kier molecular flexibility index (Phi) is 6.83. The highest BCUT2D eigenvalue weighted by molar-refractivity contribution is 6.12. The number of unbranched alkanes of at least 4 members (excludes halogenated alkanes) is 3. The molecule has 1 aromatic carbocycles. The first-order valence-corrected chi connectivity index (χ1v) is 13.4. The van der Waals surface area contributed by atoms with E-state index in [1.165, 1.54) is 67.6 Å². The predicted octanol–water partition coefficient (Wildman–Crippen LogP) is 4.99. The largest absolute Gasteiger partial charge is 0.497 e. The van der Waals surface area contributed by atoms with E-state index in [0.29, 0.717) is 18.0 Å². The van der Waals surface area contributed by atoms with Gasteiger partial charge >= 0.3 is 0 Å². The fourth-order valence-electron chi connectivity index (χ4n) is 7.70. The molecular weight excluding hydrogens is 424 g/mol. The number of rotatable bonds is 9. The Morgan fingerprint density at radius 3 is 2.62 bits per heavy atom. The minimum atomic E-state index is -0.161. The molecule has 5 atom stereocenters. The SMILES string of the molecule is COc1ccc2c(c1)CC[C@@H]1C2CC[C@@]2(C)[C@@H](NCCCCCCN3C(=O)C=CC3=O)CC[C@@H]12. The lowest BCUT2D eigenvalue weighted by atomic mass is 9.55. The molecule has 34 heavy (non-hydrogen) atoms. The molecule has 184 valence electrons. The van der Waals surface area contributed by atoms with E-state index in [2.05, 4.69) is 30.4 Å². The Hall–Kier alpha value is -2.14. The minimum Gasteiger partial charge on any atom is -0.497 e. The van der Waals surface area contributed by atoms with Crippen molar-refractivity contribution < 1.29 is 14.3 Å². The van der Waals surface area contributed by atoms with Gasteiger partial charge in [0.25, 0.3) is 11.8 Å². The number of nitrogens with one attached hydrogen (secondary N) is 1. The van der Waals surface area contributed by atoms with E-state index in [-0.39, 0.29) is 11.8 Å². The molecule has 1 aliphatic heterocycles. The number of hydrogen-bond donors (Lipinski definition) is 1. The van der Waals surface area contributed by atoms with Crippen LogP contribution in [0.15, 0.2) is 30.4 Å². The zero-order chi connectivity index (χ0) is 23.7. The van der Waals surface area contributed by atoms with Crippen LogP contribution in [0.5, 0.6) is 5.75 Å². The third-order valence-electron chi connectivity index (χ3n) is 9.53. The van der Waals surface area contributed by atoms with Gasteiger partial charge in [-0.15, -0.1) is 0 Å². The molecule has 1 unspecified atom stereocenters. The van der Waals surface area contributed by atoms with Crippen LogP contribution in [0.1, 0.15) is 81.8 Å². The Morgan fingerprint density at radius 1 is 1.03 bits per heavy atom. The van der Waals surface area contributed by atoms with Gasteiger partial charge in [-0.2, -0.15) is 0 Å². The summed E-state index contributed by atoms with van der Waals surface area (Å²) in [4.78, 5) is 24.6. The molecule has 0 aromatic heterocycles. The summed E-state index contributed by atoms with van der Waals surface area (Å²) in [5.41, 5.74) is 3.55. The van der Waals surface area contributed by atoms with Gasteiger partial charge in [-0.1, -0.05) is 25.8 Å². The Bertz CT molecular complexity index is 939. The third kappa shape index (κ3) is 4.32. The van der Waals surface area contributed by atoms with Gasteiger partial charge in [0.2, 0.25) is 0 Å². The summed E-state index contributed by atoms with van der Waals surface area (Å²) in [6.45, 7) is 4.20. The van der Waals surface area contributed by atoms with Gasteiger partial charge in [0, 0.05) is 24.7 Å². The number of amides is 2. The van der Waals surface area contributed by atoms with Gasteiger partial charge in [-0.25, -0.2) is 0 Å². The van der Waals surface area contributed by atoms with E-state index < -0.39 is 0 Å². The van der Waals surface area contributed by atoms with E-state index in [1.807, 2.05) is 0 Å². The number of nitrogens with zero attached hydrogens (tertiary/aromatic N) is 1. The van der Waals surface area contributed by atoms with Crippen molar-refractivity contribution in [2.45, 2.75) is 83.1 Å². The van der Waals surface area contributed by atoms with Gasteiger partial charge in [-0.3, -0.25) is 14.5 Å². The number of hydrogen-bond acceptors (Lipinski definition) is 4. The third-order valence-corrected chi connectivity index (χ3v) is 9.53. The van der Waals surface area contributed by atoms with Crippen molar-refractivity contribution in [3.63, 3.8) is 0 Å². The van der Waals surface area contributed by atoms with Crippen LogP contribution in [0.25, 0.3) is 0 Å². The van der Waals surface area contributed by atoms with Crippen molar-refractivity contribution in [2.75, 3.05) is 20.2 Å². The first-order chi connectivity index (χ1) is 16.5. The van der Waals surface area contributed by atoms with Crippen molar-refractivity contribution in [2.24, 2.45) is 17.3 Å². The van der Waals surface area contributed by atoms with Crippen LogP contribution in [0.4, 0.5) is 0 Å². The number of benzene rings is 1. The van der Waals surface area contributed by atoms with Crippen molar-refractivity contribution >= 4 is 11.8 Å². The van der Waals surface area contributed by atoms with Crippen LogP contribution < -0.4 is 10.1 Å². The van der Waals surface area contributed by atoms with Crippen LogP contribution in [-0.4, -0.2) is 43.0 Å². The molecule has 5 rings (SSSR count). The van der Waals surface area contributed by atoms with Crippen LogP contribution in [0.2, 0.25) is 0 Å². The molecule has 2 saturated carbocycles. The summed E-state index contributed by atoms with van der Waals surface area (Å²) in [5, 5.41) is 3.95. The van der Waals surface area contributed by atoms with Crippen LogP contribution in [0, 0.1) is 17.3 Å². The fraction of sp³-hybridized carbons (Fsp3) is 0.655. The van der Waals surface area contributed by atoms with E-state index in [9.17, 15) is 9.59 Å². The molecule has 4 aliphatic rings. The van der Waals surface area contributed by atoms with Crippen molar-refractivity contribution in [1.82, 2.24) is 10.2 Å². The molecule has 5 nitrogen and oxygen atoms in total. The molecule has 0 radical (unpaired) electrons. The molecule has 2 fully saturated rings. The van der Waals surface area contributed by atoms with Crippen molar-refractivity contribution in [3.8, 4) is 5.75 Å². The smallest absolute Gasteiger partial charge is 0.253 e. The van der Waals surface area contributed by atoms with Gasteiger partial charge in [-0.05, 0) is 104 Å². The molecule has 5 heteroatoms. The van der Waals surface area contributed by atoms with Crippen LogP contribution in [-0.2, 0) is 16.0 Å². The van der Waals surface area contributed by atoms with Crippen molar-refractivity contribution in [1.29, 1.82) is 0 Å². The number of aryl methyl sites for hydroxylation is 1. The van der Waals surface area contributed by atoms with E-state index in [4.69, 9.17) is 4.74 Å². The molecule has 1 N–H and O–H groups in total. The monoisotopic (exact) mass is 464 g/mol. The highest BCUT2D eigenvalue weighted by Gasteiger charge is 2.54. The topological polar surface area (TPSA) is 58.6 Å². The lowest BCUT2D eigenvalue weighted by Crippen LogP contribution is -2.48. The summed E-state index contributed by atoms with van der Waals surface area (Å²) in [5.74, 6) is 3.08. The number of imide groups is 1. The minimum absolute atomic E-state index is 0.161. The zero-order valence-corrected chi connectivity index (χ0v) is 20.9. The number of carbonyl (C=O) groups is 2. The lowest BCUT2D eigenvalue weighted by molar-refractivity contribution is -0.136. The van der Waals surface area contributed by atoms with Gasteiger partial charge < -0.3 is 10.1 Å². The summed E-state index contributed by atoms with van der Waals surface area (Å²) < 4.78 is 5.48. The highest BCUT2D eigenvalue weighted by Crippen LogP contribution is 2.61. The standard InChI is InChI=1S/C29H40N2O3/c1-29-16-15-23-22-10-8-21(34-2)19-20(22)7-9-24(23)25(29)11-12-26(29)30-17-5-3-4-6-18-31-27(32)13-14-28(31)33/h8,10,13-14,19,23-26,30H,3-7,9,11-12,15-18H2,1-2H3/t23?,24-,25+,26+,29-/m1/s1. The Labute approximate surface area is 204 Å². The van der Waals surface area contributed by atoms with Crippen molar-refractivity contribution in [3.05, 3.63) is 41.5 Å². The maximum Gasteiger partial charge on any atom is 0.253 e. The highest BCUT2D eigenvalue weighted by atomic mass is 16.5. The zero-order valence-electron chi connectivity index (χ0n) is 20.9. The second-order valence-electron chi connectivity index (χ2n) is 11.2. The summed E-state index contributed by atoms with van der Waals surface area (Å²) in [6, 6.07) is 7.42. The predicted molar refractivity (Wildman–Crippen MR) is 134 cm³/mol. The molecule has 0 spiro atoms. The lowest BCUT2D eigenvalue weighted by Gasteiger charge is -2.51. The molecule has 1 heterocycles. The van der Waals surface area contributed by atoms with Gasteiger partial charge in [0.15, 0.2) is 0 Å². The second-order valence-corrected chi connectivity index (χ2v) is 11.2. The molecule has 0 bridgehead atoms. The summed E-state index contributed by atoms with van der Waals surface area (Å²) in [6.07, 6.45) is 14.9. The number of carbonyl (C=O) groups excluding carboxylic acids is 2. The second kappa shape index (κ2) is 9.85. The van der Waals surface area contributed by atoms with Gasteiger partial charge in [0.1, 0.15) is 5.75 Å². The average Bonchev–Trinajstić information content (AvgIpc) is 3.36. The normalized spacial score (nSPS) is 32.0. The maximum absolute atomic E-state index is 11.6.